The third-order valence-electron chi connectivity index (χ3n) is 2.36. The highest BCUT2D eigenvalue weighted by atomic mass is 32.2. The molecule has 0 fully saturated rings. The third kappa shape index (κ3) is 4.66. The number of methoxy groups -OCH3 is 1. The Hall–Kier alpha value is -0.470. The first-order chi connectivity index (χ1) is 8.49. The molecule has 0 bridgehead atoms. The molecule has 1 atom stereocenters. The lowest BCUT2D eigenvalue weighted by Crippen LogP contribution is -2.29. The molecule has 0 aliphatic rings. The van der Waals surface area contributed by atoms with Crippen molar-refractivity contribution in [3.8, 4) is 0 Å². The molecule has 1 rings (SSSR count). The Morgan fingerprint density at radius 2 is 2.22 bits per heavy atom. The summed E-state index contributed by atoms with van der Waals surface area (Å²) in [6.07, 6.45) is 0. The number of ether oxygens (including phenoxy) is 1. The normalized spacial score (nSPS) is 13.7. The molecule has 1 aromatic heterocycles. The van der Waals surface area contributed by atoms with Crippen LogP contribution in [0.25, 0.3) is 0 Å². The van der Waals surface area contributed by atoms with E-state index in [0.717, 1.165) is 4.88 Å². The second kappa shape index (κ2) is 7.20. The number of nitrogens with one attached hydrogen (secondary N) is 2. The summed E-state index contributed by atoms with van der Waals surface area (Å²) < 4.78 is 31.5. The second-order valence-electron chi connectivity index (χ2n) is 4.19. The number of rotatable bonds is 8. The standard InChI is InChI=1S/C11H20N2O3S2/c1-9(7-16-3)5-13-18(14,15)11-4-10(6-12-2)17-8-11/h4,8-9,12-13H,5-7H2,1-3H3. The topological polar surface area (TPSA) is 67.4 Å². The molecule has 0 spiro atoms. The first kappa shape index (κ1) is 15.6. The number of sulfonamides is 1. The van der Waals surface area contributed by atoms with E-state index in [0.29, 0.717) is 24.6 Å². The molecule has 7 heteroatoms. The van der Waals surface area contributed by atoms with E-state index in [-0.39, 0.29) is 5.92 Å². The van der Waals surface area contributed by atoms with Gasteiger partial charge in [-0.25, -0.2) is 13.1 Å². The Balaban J connectivity index is 2.62. The largest absolute Gasteiger partial charge is 0.384 e. The highest BCUT2D eigenvalue weighted by molar-refractivity contribution is 7.89. The molecule has 1 aromatic rings. The van der Waals surface area contributed by atoms with Crippen molar-refractivity contribution in [3.63, 3.8) is 0 Å². The summed E-state index contributed by atoms with van der Waals surface area (Å²) in [5.74, 6) is 0.153. The fourth-order valence-corrected chi connectivity index (χ4v) is 3.90. The highest BCUT2D eigenvalue weighted by Gasteiger charge is 2.16. The van der Waals surface area contributed by atoms with Crippen molar-refractivity contribution in [1.29, 1.82) is 0 Å². The van der Waals surface area contributed by atoms with Crippen LogP contribution in [0.5, 0.6) is 0 Å². The second-order valence-corrected chi connectivity index (χ2v) is 6.95. The molecule has 2 N–H and O–H groups in total. The molecule has 0 aliphatic heterocycles. The van der Waals surface area contributed by atoms with Crippen LogP contribution in [0.1, 0.15) is 11.8 Å². The molecular formula is C11H20N2O3S2. The van der Waals surface area contributed by atoms with Gasteiger partial charge in [0.05, 0.1) is 4.90 Å². The first-order valence-corrected chi connectivity index (χ1v) is 8.06. The molecule has 0 aromatic carbocycles. The van der Waals surface area contributed by atoms with Gasteiger partial charge in [-0.15, -0.1) is 11.3 Å². The van der Waals surface area contributed by atoms with E-state index in [1.165, 1.54) is 11.3 Å². The van der Waals surface area contributed by atoms with E-state index in [1.54, 1.807) is 18.6 Å². The summed E-state index contributed by atoms with van der Waals surface area (Å²) in [7, 11) is 0.0429. The van der Waals surface area contributed by atoms with Gasteiger partial charge in [-0.3, -0.25) is 0 Å². The van der Waals surface area contributed by atoms with Crippen molar-refractivity contribution >= 4 is 21.4 Å². The number of thiophene rings is 1. The fraction of sp³-hybridized carbons (Fsp3) is 0.636. The lowest BCUT2D eigenvalue weighted by molar-refractivity contribution is 0.161. The SMILES string of the molecule is CNCc1cc(S(=O)(=O)NCC(C)COC)cs1. The molecule has 0 saturated carbocycles. The number of hydrogen-bond acceptors (Lipinski definition) is 5. The Kier molecular flexibility index (Phi) is 6.24. The summed E-state index contributed by atoms with van der Waals surface area (Å²) in [5.41, 5.74) is 0. The first-order valence-electron chi connectivity index (χ1n) is 5.70. The maximum absolute atomic E-state index is 12.0. The highest BCUT2D eigenvalue weighted by Crippen LogP contribution is 2.19. The van der Waals surface area contributed by atoms with Gasteiger partial charge in [0.1, 0.15) is 0 Å². The van der Waals surface area contributed by atoms with Crippen molar-refractivity contribution < 1.29 is 13.2 Å². The van der Waals surface area contributed by atoms with Gasteiger partial charge in [0.15, 0.2) is 0 Å². The smallest absolute Gasteiger partial charge is 0.241 e. The molecule has 0 radical (unpaired) electrons. The monoisotopic (exact) mass is 292 g/mol. The van der Waals surface area contributed by atoms with Crippen molar-refractivity contribution in [2.24, 2.45) is 5.92 Å². The zero-order valence-electron chi connectivity index (χ0n) is 10.9. The zero-order chi connectivity index (χ0) is 13.6. The minimum Gasteiger partial charge on any atom is -0.384 e. The molecule has 1 heterocycles. The predicted molar refractivity (Wildman–Crippen MR) is 73.3 cm³/mol. The Labute approximate surface area is 113 Å². The maximum Gasteiger partial charge on any atom is 0.241 e. The summed E-state index contributed by atoms with van der Waals surface area (Å²) in [5, 5.41) is 4.66. The minimum absolute atomic E-state index is 0.153. The van der Waals surface area contributed by atoms with Crippen LogP contribution in [0.2, 0.25) is 0 Å². The van der Waals surface area contributed by atoms with E-state index in [2.05, 4.69) is 10.0 Å². The van der Waals surface area contributed by atoms with Crippen LogP contribution in [0.15, 0.2) is 16.3 Å². The minimum atomic E-state index is -3.39. The number of hydrogen-bond donors (Lipinski definition) is 2. The van der Waals surface area contributed by atoms with E-state index < -0.39 is 10.0 Å². The average molecular weight is 292 g/mol. The van der Waals surface area contributed by atoms with Gasteiger partial charge in [-0.2, -0.15) is 0 Å². The van der Waals surface area contributed by atoms with Crippen molar-refractivity contribution in [1.82, 2.24) is 10.0 Å². The molecule has 104 valence electrons. The lowest BCUT2D eigenvalue weighted by atomic mass is 10.2. The van der Waals surface area contributed by atoms with E-state index in [4.69, 9.17) is 4.74 Å². The molecular weight excluding hydrogens is 272 g/mol. The fourth-order valence-electron chi connectivity index (χ4n) is 1.45. The van der Waals surface area contributed by atoms with Gasteiger partial charge < -0.3 is 10.1 Å². The van der Waals surface area contributed by atoms with Crippen LogP contribution < -0.4 is 10.0 Å². The summed E-state index contributed by atoms with van der Waals surface area (Å²) in [4.78, 5) is 1.34. The molecule has 5 nitrogen and oxygen atoms in total. The van der Waals surface area contributed by atoms with Crippen LogP contribution in [0.3, 0.4) is 0 Å². The zero-order valence-corrected chi connectivity index (χ0v) is 12.5. The summed E-state index contributed by atoms with van der Waals surface area (Å²) in [6.45, 7) is 3.54. The third-order valence-corrected chi connectivity index (χ3v) is 4.85. The van der Waals surface area contributed by atoms with E-state index in [9.17, 15) is 8.42 Å². The Bertz CT molecular complexity index is 457. The van der Waals surface area contributed by atoms with E-state index >= 15 is 0 Å². The summed E-state index contributed by atoms with van der Waals surface area (Å²) in [6, 6.07) is 1.70. The van der Waals surface area contributed by atoms with Crippen LogP contribution in [-0.2, 0) is 21.3 Å². The average Bonchev–Trinajstić information content (AvgIpc) is 2.77. The Morgan fingerprint density at radius 1 is 1.50 bits per heavy atom. The predicted octanol–water partition coefficient (Wildman–Crippen LogP) is 1.03. The molecule has 1 unspecified atom stereocenters. The van der Waals surface area contributed by atoms with Gasteiger partial charge in [0.2, 0.25) is 10.0 Å². The molecule has 0 amide bonds. The van der Waals surface area contributed by atoms with Crippen LogP contribution in [0.4, 0.5) is 0 Å². The van der Waals surface area contributed by atoms with Crippen molar-refractivity contribution in [2.75, 3.05) is 27.3 Å². The van der Waals surface area contributed by atoms with Crippen molar-refractivity contribution in [2.45, 2.75) is 18.4 Å². The van der Waals surface area contributed by atoms with Gasteiger partial charge in [0.25, 0.3) is 0 Å². The Morgan fingerprint density at radius 3 is 2.83 bits per heavy atom. The molecule has 0 aliphatic carbocycles. The van der Waals surface area contributed by atoms with Crippen LogP contribution in [-0.4, -0.2) is 35.7 Å². The van der Waals surface area contributed by atoms with Crippen LogP contribution in [0, 0.1) is 5.92 Å². The van der Waals surface area contributed by atoms with Crippen molar-refractivity contribution in [3.05, 3.63) is 16.3 Å². The molecule has 18 heavy (non-hydrogen) atoms. The van der Waals surface area contributed by atoms with Gasteiger partial charge in [-0.05, 0) is 19.0 Å². The quantitative estimate of drug-likeness (QED) is 0.751. The van der Waals surface area contributed by atoms with Gasteiger partial charge in [0, 0.05) is 37.1 Å². The molecule has 0 saturated heterocycles. The van der Waals surface area contributed by atoms with Gasteiger partial charge >= 0.3 is 0 Å². The van der Waals surface area contributed by atoms with Gasteiger partial charge in [-0.1, -0.05) is 6.92 Å². The lowest BCUT2D eigenvalue weighted by Gasteiger charge is -2.11. The van der Waals surface area contributed by atoms with Crippen LogP contribution >= 0.6 is 11.3 Å². The van der Waals surface area contributed by atoms with E-state index in [1.807, 2.05) is 14.0 Å². The summed E-state index contributed by atoms with van der Waals surface area (Å²) >= 11 is 1.44. The maximum atomic E-state index is 12.0.